The number of halogens is 1. The lowest BCUT2D eigenvalue weighted by Gasteiger charge is -2.28. The van der Waals surface area contributed by atoms with Gasteiger partial charge in [-0.25, -0.2) is 19.2 Å². The van der Waals surface area contributed by atoms with Crippen molar-refractivity contribution in [3.63, 3.8) is 0 Å². The van der Waals surface area contributed by atoms with Crippen molar-refractivity contribution in [1.82, 2.24) is 15.0 Å². The largest absolute Gasteiger partial charge is 0.480 e. The third kappa shape index (κ3) is 3.75. The fourth-order valence-corrected chi connectivity index (χ4v) is 4.03. The van der Waals surface area contributed by atoms with Crippen molar-refractivity contribution >= 4 is 22.9 Å². The lowest BCUT2D eigenvalue weighted by atomic mass is 9.79. The summed E-state index contributed by atoms with van der Waals surface area (Å²) < 4.78 is 27.3. The van der Waals surface area contributed by atoms with Gasteiger partial charge in [0.2, 0.25) is 5.89 Å². The normalized spacial score (nSPS) is 13.8. The van der Waals surface area contributed by atoms with Crippen LogP contribution in [0.25, 0.3) is 22.4 Å². The van der Waals surface area contributed by atoms with Crippen LogP contribution in [0.4, 0.5) is 10.2 Å². The Hall–Kier alpha value is -4.01. The van der Waals surface area contributed by atoms with E-state index in [1.165, 1.54) is 18.5 Å². The van der Waals surface area contributed by atoms with Gasteiger partial charge in [0, 0.05) is 11.1 Å². The minimum absolute atomic E-state index is 0.107. The second kappa shape index (κ2) is 8.16. The highest BCUT2D eigenvalue weighted by molar-refractivity contribution is 5.94. The zero-order chi connectivity index (χ0) is 23.1. The van der Waals surface area contributed by atoms with Crippen molar-refractivity contribution in [1.29, 1.82) is 0 Å². The van der Waals surface area contributed by atoms with Gasteiger partial charge in [-0.05, 0) is 49.4 Å². The van der Waals surface area contributed by atoms with Crippen molar-refractivity contribution in [3.8, 4) is 17.0 Å². The van der Waals surface area contributed by atoms with E-state index in [0.717, 1.165) is 24.8 Å². The van der Waals surface area contributed by atoms with Crippen LogP contribution in [-0.4, -0.2) is 26.0 Å². The first-order chi connectivity index (χ1) is 15.9. The summed E-state index contributed by atoms with van der Waals surface area (Å²) in [4.78, 5) is 23.9. The van der Waals surface area contributed by atoms with Crippen LogP contribution in [0, 0.1) is 12.7 Å². The Morgan fingerprint density at radius 3 is 2.73 bits per heavy atom. The number of ether oxygens (including phenoxy) is 1. The number of fused-ring (bicyclic) bond motifs is 1. The lowest BCUT2D eigenvalue weighted by molar-refractivity contribution is 0.0696. The fraction of sp³-hybridized carbons (Fsp3) is 0.250. The van der Waals surface area contributed by atoms with Crippen LogP contribution < -0.4 is 10.5 Å². The first-order valence-electron chi connectivity index (χ1n) is 10.6. The molecular formula is C24H21FN4O4. The van der Waals surface area contributed by atoms with Gasteiger partial charge < -0.3 is 20.0 Å². The highest BCUT2D eigenvalue weighted by Gasteiger charge is 2.27. The van der Waals surface area contributed by atoms with Crippen LogP contribution >= 0.6 is 0 Å². The predicted molar refractivity (Wildman–Crippen MR) is 118 cm³/mol. The van der Waals surface area contributed by atoms with Gasteiger partial charge in [-0.3, -0.25) is 4.98 Å². The number of benzene rings is 2. The maximum atomic E-state index is 15.6. The lowest BCUT2D eigenvalue weighted by Crippen LogP contribution is -2.12. The molecule has 0 radical (unpaired) electrons. The number of nitrogen functional groups attached to an aromatic ring is 1. The van der Waals surface area contributed by atoms with Crippen LogP contribution in [-0.2, 0) is 6.61 Å². The summed E-state index contributed by atoms with van der Waals surface area (Å²) in [5.41, 5.74) is 8.56. The molecule has 8 nitrogen and oxygen atoms in total. The summed E-state index contributed by atoms with van der Waals surface area (Å²) in [6.45, 7) is 1.56. The Morgan fingerprint density at radius 1 is 1.24 bits per heavy atom. The molecule has 0 spiro atoms. The summed E-state index contributed by atoms with van der Waals surface area (Å²) in [6, 6.07) is 6.58. The number of hydrogen-bond donors (Lipinski definition) is 2. The Balaban J connectivity index is 1.49. The number of aromatic carboxylic acids is 1. The van der Waals surface area contributed by atoms with Crippen LogP contribution in [0.1, 0.15) is 52.6 Å². The predicted octanol–water partition coefficient (Wildman–Crippen LogP) is 4.86. The van der Waals surface area contributed by atoms with Gasteiger partial charge >= 0.3 is 5.97 Å². The molecular weight excluding hydrogens is 427 g/mol. The fourth-order valence-electron chi connectivity index (χ4n) is 4.03. The number of carboxylic acid groups (broad SMARTS) is 1. The molecule has 4 aromatic rings. The summed E-state index contributed by atoms with van der Waals surface area (Å²) in [7, 11) is 0. The Morgan fingerprint density at radius 2 is 2.06 bits per heavy atom. The minimum Gasteiger partial charge on any atom is -0.480 e. The van der Waals surface area contributed by atoms with Crippen molar-refractivity contribution in [2.24, 2.45) is 0 Å². The van der Waals surface area contributed by atoms with Crippen molar-refractivity contribution in [2.45, 2.75) is 38.7 Å². The number of carboxylic acids is 1. The highest BCUT2D eigenvalue weighted by atomic mass is 19.1. The molecule has 1 saturated carbocycles. The molecule has 0 bridgehead atoms. The SMILES string of the molecule is Cc1c(C(=O)O)ccc2oc(COc3c(C4CCC4)ccc(-c4cnc(N)cn4)c3F)nc12. The average Bonchev–Trinajstić information content (AvgIpc) is 3.17. The van der Waals surface area contributed by atoms with Crippen LogP contribution in [0.3, 0.4) is 0 Å². The minimum atomic E-state index is -1.04. The summed E-state index contributed by atoms with van der Waals surface area (Å²) in [5.74, 6) is -0.721. The number of oxazole rings is 1. The summed E-state index contributed by atoms with van der Waals surface area (Å²) >= 11 is 0. The molecule has 0 aliphatic heterocycles. The van der Waals surface area contributed by atoms with Crippen LogP contribution in [0.15, 0.2) is 41.1 Å². The number of rotatable bonds is 6. The van der Waals surface area contributed by atoms with Gasteiger partial charge in [0.25, 0.3) is 0 Å². The number of aryl methyl sites for hydroxylation is 1. The number of nitrogens with two attached hydrogens (primary N) is 1. The van der Waals surface area contributed by atoms with Gasteiger partial charge in [0.05, 0.1) is 23.7 Å². The number of hydrogen-bond acceptors (Lipinski definition) is 7. The molecule has 168 valence electrons. The van der Waals surface area contributed by atoms with Gasteiger partial charge in [0.15, 0.2) is 23.8 Å². The average molecular weight is 448 g/mol. The van der Waals surface area contributed by atoms with Gasteiger partial charge in [-0.2, -0.15) is 0 Å². The third-order valence-corrected chi connectivity index (χ3v) is 6.05. The number of carbonyl (C=O) groups is 1. The standard InChI is InChI=1S/C24H21FN4O4/c1-12-14(24(30)31)7-8-18-22(12)29-20(33-18)11-32-23-15(13-3-2-4-13)5-6-16(21(23)25)17-9-28-19(26)10-27-17/h5-10,13H,2-4,11H2,1H3,(H2,26,28)(H,30,31). The van der Waals surface area contributed by atoms with Crippen molar-refractivity contribution < 1.29 is 23.4 Å². The monoisotopic (exact) mass is 448 g/mol. The molecule has 2 aromatic carbocycles. The van der Waals surface area contributed by atoms with Crippen LogP contribution in [0.2, 0.25) is 0 Å². The first-order valence-corrected chi connectivity index (χ1v) is 10.6. The Bertz CT molecular complexity index is 1360. The van der Waals surface area contributed by atoms with Crippen molar-refractivity contribution in [2.75, 3.05) is 5.73 Å². The van der Waals surface area contributed by atoms with E-state index in [1.54, 1.807) is 19.1 Å². The molecule has 5 rings (SSSR count). The maximum absolute atomic E-state index is 15.6. The molecule has 0 amide bonds. The number of anilines is 1. The van der Waals surface area contributed by atoms with E-state index in [9.17, 15) is 9.90 Å². The Labute approximate surface area is 188 Å². The Kier molecular flexibility index (Phi) is 5.16. The molecule has 3 N–H and O–H groups in total. The molecule has 33 heavy (non-hydrogen) atoms. The summed E-state index contributed by atoms with van der Waals surface area (Å²) in [6.07, 6.45) is 5.83. The molecule has 2 heterocycles. The zero-order valence-electron chi connectivity index (χ0n) is 17.8. The number of aromatic nitrogens is 3. The van der Waals surface area contributed by atoms with Crippen molar-refractivity contribution in [3.05, 3.63) is 65.1 Å². The maximum Gasteiger partial charge on any atom is 0.336 e. The van der Waals surface area contributed by atoms with Gasteiger partial charge in [0.1, 0.15) is 11.3 Å². The summed E-state index contributed by atoms with van der Waals surface area (Å²) in [5, 5.41) is 9.32. The van der Waals surface area contributed by atoms with Gasteiger partial charge in [-0.1, -0.05) is 12.5 Å². The van der Waals surface area contributed by atoms with E-state index in [-0.39, 0.29) is 41.1 Å². The molecule has 2 aromatic heterocycles. The topological polar surface area (TPSA) is 124 Å². The highest BCUT2D eigenvalue weighted by Crippen LogP contribution is 2.44. The van der Waals surface area contributed by atoms with E-state index in [1.807, 2.05) is 6.07 Å². The molecule has 1 aliphatic rings. The molecule has 1 aliphatic carbocycles. The van der Waals surface area contributed by atoms with E-state index in [4.69, 9.17) is 14.9 Å². The molecule has 9 heteroatoms. The third-order valence-electron chi connectivity index (χ3n) is 6.05. The number of nitrogens with zero attached hydrogens (tertiary/aromatic N) is 3. The van der Waals surface area contributed by atoms with E-state index in [0.29, 0.717) is 22.4 Å². The second-order valence-corrected chi connectivity index (χ2v) is 8.09. The van der Waals surface area contributed by atoms with E-state index < -0.39 is 11.8 Å². The molecule has 0 unspecified atom stereocenters. The van der Waals surface area contributed by atoms with Crippen LogP contribution in [0.5, 0.6) is 5.75 Å². The smallest absolute Gasteiger partial charge is 0.336 e. The molecule has 0 atom stereocenters. The first kappa shape index (κ1) is 20.9. The zero-order valence-corrected chi connectivity index (χ0v) is 17.8. The quantitative estimate of drug-likeness (QED) is 0.428. The van der Waals surface area contributed by atoms with E-state index in [2.05, 4.69) is 15.0 Å². The second-order valence-electron chi connectivity index (χ2n) is 8.09. The van der Waals surface area contributed by atoms with E-state index >= 15 is 4.39 Å². The molecule has 1 fully saturated rings. The van der Waals surface area contributed by atoms with Gasteiger partial charge in [-0.15, -0.1) is 0 Å². The molecule has 0 saturated heterocycles.